The highest BCUT2D eigenvalue weighted by atomic mass is 35.5. The zero-order chi connectivity index (χ0) is 13.7. The molecule has 1 aliphatic heterocycles. The van der Waals surface area contributed by atoms with Crippen LogP contribution in [0.2, 0.25) is 5.15 Å². The fourth-order valence-electron chi connectivity index (χ4n) is 1.86. The second-order valence-electron chi connectivity index (χ2n) is 4.31. The molecule has 2 N–H and O–H groups in total. The normalized spacial score (nSPS) is 19.1. The maximum absolute atomic E-state index is 11.1. The number of halogens is 1. The number of carbonyl (C=O) groups is 1. The highest BCUT2D eigenvalue weighted by molar-refractivity contribution is 6.29. The molecule has 0 aliphatic carbocycles. The molecule has 6 nitrogen and oxygen atoms in total. The summed E-state index contributed by atoms with van der Waals surface area (Å²) in [6.07, 6.45) is 1.32. The van der Waals surface area contributed by atoms with E-state index < -0.39 is 0 Å². The van der Waals surface area contributed by atoms with Crippen molar-refractivity contribution in [3.05, 3.63) is 17.0 Å². The molecular weight excluding hydrogens is 268 g/mol. The Morgan fingerprint density at radius 1 is 1.58 bits per heavy atom. The summed E-state index contributed by atoms with van der Waals surface area (Å²) in [4.78, 5) is 19.5. The maximum Gasteiger partial charge on any atom is 0.220 e. The molecule has 0 aromatic carbocycles. The van der Waals surface area contributed by atoms with Crippen molar-refractivity contribution < 1.29 is 9.53 Å². The van der Waals surface area contributed by atoms with Gasteiger partial charge in [0.05, 0.1) is 0 Å². The molecule has 1 atom stereocenters. The van der Waals surface area contributed by atoms with E-state index in [0.717, 1.165) is 6.42 Å². The van der Waals surface area contributed by atoms with E-state index in [-0.39, 0.29) is 11.9 Å². The first-order valence-electron chi connectivity index (χ1n) is 6.32. The molecule has 1 fully saturated rings. The van der Waals surface area contributed by atoms with Crippen molar-refractivity contribution in [1.29, 1.82) is 0 Å². The SMILES string of the molecule is CCOCc1nc(Cl)cc(NC2CCC(=O)NC2)n1. The van der Waals surface area contributed by atoms with Crippen LogP contribution in [0, 0.1) is 0 Å². The Morgan fingerprint density at radius 2 is 2.42 bits per heavy atom. The zero-order valence-electron chi connectivity index (χ0n) is 10.8. The van der Waals surface area contributed by atoms with Crippen LogP contribution in [0.1, 0.15) is 25.6 Å². The van der Waals surface area contributed by atoms with E-state index in [9.17, 15) is 4.79 Å². The molecule has 1 aliphatic rings. The number of nitrogens with zero attached hydrogens (tertiary/aromatic N) is 2. The second kappa shape index (κ2) is 6.68. The van der Waals surface area contributed by atoms with Gasteiger partial charge in [0.15, 0.2) is 5.82 Å². The van der Waals surface area contributed by atoms with Gasteiger partial charge in [-0.1, -0.05) is 11.6 Å². The van der Waals surface area contributed by atoms with E-state index in [2.05, 4.69) is 20.6 Å². The number of aromatic nitrogens is 2. The summed E-state index contributed by atoms with van der Waals surface area (Å²) in [6.45, 7) is 3.45. The number of hydrogen-bond acceptors (Lipinski definition) is 5. The van der Waals surface area contributed by atoms with Gasteiger partial charge in [-0.3, -0.25) is 4.79 Å². The average Bonchev–Trinajstić information content (AvgIpc) is 2.38. The van der Waals surface area contributed by atoms with E-state index in [1.54, 1.807) is 6.07 Å². The van der Waals surface area contributed by atoms with Gasteiger partial charge < -0.3 is 15.4 Å². The predicted octanol–water partition coefficient (Wildman–Crippen LogP) is 1.36. The number of ether oxygens (including phenoxy) is 1. The lowest BCUT2D eigenvalue weighted by atomic mass is 10.1. The Bertz CT molecular complexity index is 445. The Labute approximate surface area is 116 Å². The van der Waals surface area contributed by atoms with E-state index in [4.69, 9.17) is 16.3 Å². The van der Waals surface area contributed by atoms with Gasteiger partial charge in [0.2, 0.25) is 5.91 Å². The Hall–Kier alpha value is -1.40. The lowest BCUT2D eigenvalue weighted by Gasteiger charge is -2.24. The molecule has 0 saturated carbocycles. The van der Waals surface area contributed by atoms with Crippen molar-refractivity contribution >= 4 is 23.3 Å². The van der Waals surface area contributed by atoms with Crippen LogP contribution < -0.4 is 10.6 Å². The minimum absolute atomic E-state index is 0.0933. The number of carbonyl (C=O) groups excluding carboxylic acids is 1. The first kappa shape index (κ1) is 14.0. The van der Waals surface area contributed by atoms with Crippen molar-refractivity contribution in [1.82, 2.24) is 15.3 Å². The van der Waals surface area contributed by atoms with E-state index >= 15 is 0 Å². The van der Waals surface area contributed by atoms with E-state index in [0.29, 0.717) is 43.0 Å². The van der Waals surface area contributed by atoms with Crippen molar-refractivity contribution in [2.45, 2.75) is 32.4 Å². The molecule has 2 heterocycles. The fourth-order valence-corrected chi connectivity index (χ4v) is 2.06. The largest absolute Gasteiger partial charge is 0.374 e. The van der Waals surface area contributed by atoms with Crippen molar-refractivity contribution in [2.75, 3.05) is 18.5 Å². The summed E-state index contributed by atoms with van der Waals surface area (Å²) in [6, 6.07) is 1.84. The maximum atomic E-state index is 11.1. The molecule has 0 spiro atoms. The second-order valence-corrected chi connectivity index (χ2v) is 4.70. The first-order chi connectivity index (χ1) is 9.17. The first-order valence-corrected chi connectivity index (χ1v) is 6.69. The smallest absolute Gasteiger partial charge is 0.220 e. The number of nitrogens with one attached hydrogen (secondary N) is 2. The Kier molecular flexibility index (Phi) is 4.93. The molecule has 0 bridgehead atoms. The van der Waals surface area contributed by atoms with Crippen LogP contribution in [0.15, 0.2) is 6.07 Å². The lowest BCUT2D eigenvalue weighted by molar-refractivity contribution is -0.122. The van der Waals surface area contributed by atoms with Crippen LogP contribution in [-0.4, -0.2) is 35.1 Å². The molecule has 1 saturated heterocycles. The Morgan fingerprint density at radius 3 is 3.11 bits per heavy atom. The standard InChI is InChI=1S/C12H17ClN4O2/c1-2-19-7-11-16-9(13)5-10(17-11)15-8-3-4-12(18)14-6-8/h5,8H,2-4,6-7H2,1H3,(H,14,18)(H,15,16,17). The van der Waals surface area contributed by atoms with Crippen molar-refractivity contribution in [2.24, 2.45) is 0 Å². The summed E-state index contributed by atoms with van der Waals surface area (Å²) in [5, 5.41) is 6.45. The van der Waals surface area contributed by atoms with Crippen LogP contribution in [0.25, 0.3) is 0 Å². The molecule has 2 rings (SSSR count). The molecule has 1 aromatic rings. The molecular formula is C12H17ClN4O2. The van der Waals surface area contributed by atoms with Gasteiger partial charge in [-0.05, 0) is 13.3 Å². The minimum atomic E-state index is 0.0933. The average molecular weight is 285 g/mol. The molecule has 1 aromatic heterocycles. The van der Waals surface area contributed by atoms with Crippen molar-refractivity contribution in [3.63, 3.8) is 0 Å². The third kappa shape index (κ3) is 4.33. The van der Waals surface area contributed by atoms with E-state index in [1.807, 2.05) is 6.92 Å². The topological polar surface area (TPSA) is 76.1 Å². The van der Waals surface area contributed by atoms with Crippen LogP contribution in [0.5, 0.6) is 0 Å². The molecule has 7 heteroatoms. The van der Waals surface area contributed by atoms with Crippen molar-refractivity contribution in [3.8, 4) is 0 Å². The quantitative estimate of drug-likeness (QED) is 0.799. The highest BCUT2D eigenvalue weighted by Gasteiger charge is 2.18. The third-order valence-corrected chi connectivity index (χ3v) is 2.99. The fraction of sp³-hybridized carbons (Fsp3) is 0.583. The molecule has 0 radical (unpaired) electrons. The summed E-state index contributed by atoms with van der Waals surface area (Å²) in [5.41, 5.74) is 0. The summed E-state index contributed by atoms with van der Waals surface area (Å²) in [7, 11) is 0. The predicted molar refractivity (Wildman–Crippen MR) is 72.0 cm³/mol. The third-order valence-electron chi connectivity index (χ3n) is 2.79. The number of piperidine rings is 1. The van der Waals surface area contributed by atoms with Gasteiger partial charge in [-0.25, -0.2) is 9.97 Å². The van der Waals surface area contributed by atoms with Crippen LogP contribution in [0.4, 0.5) is 5.82 Å². The van der Waals surface area contributed by atoms with Gasteiger partial charge in [-0.15, -0.1) is 0 Å². The van der Waals surface area contributed by atoms with Crippen LogP contribution in [0.3, 0.4) is 0 Å². The molecule has 1 unspecified atom stereocenters. The molecule has 19 heavy (non-hydrogen) atoms. The number of anilines is 1. The van der Waals surface area contributed by atoms with Gasteiger partial charge >= 0.3 is 0 Å². The van der Waals surface area contributed by atoms with Gasteiger partial charge in [0.25, 0.3) is 0 Å². The highest BCUT2D eigenvalue weighted by Crippen LogP contribution is 2.15. The molecule has 104 valence electrons. The summed E-state index contributed by atoms with van der Waals surface area (Å²) in [5.74, 6) is 1.31. The summed E-state index contributed by atoms with van der Waals surface area (Å²) >= 11 is 5.95. The Balaban J connectivity index is 1.99. The number of amides is 1. The number of rotatable bonds is 5. The van der Waals surface area contributed by atoms with Crippen LogP contribution >= 0.6 is 11.6 Å². The lowest BCUT2D eigenvalue weighted by Crippen LogP contribution is -2.42. The van der Waals surface area contributed by atoms with Gasteiger partial charge in [-0.2, -0.15) is 0 Å². The van der Waals surface area contributed by atoms with Gasteiger partial charge in [0, 0.05) is 31.7 Å². The zero-order valence-corrected chi connectivity index (χ0v) is 11.5. The monoisotopic (exact) mass is 284 g/mol. The summed E-state index contributed by atoms with van der Waals surface area (Å²) < 4.78 is 5.27. The van der Waals surface area contributed by atoms with Gasteiger partial charge in [0.1, 0.15) is 17.6 Å². The van der Waals surface area contributed by atoms with Crippen LogP contribution in [-0.2, 0) is 16.1 Å². The minimum Gasteiger partial charge on any atom is -0.374 e. The molecule has 1 amide bonds. The number of hydrogen-bond donors (Lipinski definition) is 2. The van der Waals surface area contributed by atoms with E-state index in [1.165, 1.54) is 0 Å².